The Balaban J connectivity index is 2.81. The van der Waals surface area contributed by atoms with Crippen LogP contribution in [-0.2, 0) is 4.74 Å². The summed E-state index contributed by atoms with van der Waals surface area (Å²) in [5.74, 6) is 0. The van der Waals surface area contributed by atoms with Crippen molar-refractivity contribution in [1.82, 2.24) is 0 Å². The minimum absolute atomic E-state index is 0.0277. The topological polar surface area (TPSA) is 35.2 Å². The largest absolute Gasteiger partial charge is 0.365 e. The molecule has 1 heterocycles. The molecule has 2 atom stereocenters. The molecule has 0 spiro atoms. The molecule has 2 N–H and O–H groups in total. The molecule has 0 aliphatic carbocycles. The van der Waals surface area contributed by atoms with Crippen LogP contribution >= 0.6 is 11.3 Å². The van der Waals surface area contributed by atoms with Gasteiger partial charge in [0.15, 0.2) is 0 Å². The van der Waals surface area contributed by atoms with E-state index in [1.807, 2.05) is 0 Å². The maximum Gasteiger partial charge on any atom is 0.107 e. The van der Waals surface area contributed by atoms with Gasteiger partial charge in [0.1, 0.15) is 6.10 Å². The van der Waals surface area contributed by atoms with E-state index in [-0.39, 0.29) is 17.7 Å². The summed E-state index contributed by atoms with van der Waals surface area (Å²) >= 11 is 1.72. The molecular weight excluding hydrogens is 218 g/mol. The van der Waals surface area contributed by atoms with Gasteiger partial charge in [-0.3, -0.25) is 0 Å². The summed E-state index contributed by atoms with van der Waals surface area (Å²) in [5.41, 5.74) is 6.04. The van der Waals surface area contributed by atoms with Crippen LogP contribution < -0.4 is 5.73 Å². The number of rotatable bonds is 6. The Kier molecular flexibility index (Phi) is 4.96. The molecular formula is C13H23NOS. The van der Waals surface area contributed by atoms with Crippen molar-refractivity contribution >= 4 is 11.3 Å². The maximum atomic E-state index is 6.17. The molecule has 0 aromatic carbocycles. The van der Waals surface area contributed by atoms with Gasteiger partial charge in [-0.05, 0) is 38.1 Å². The van der Waals surface area contributed by atoms with E-state index < -0.39 is 0 Å². The van der Waals surface area contributed by atoms with Crippen LogP contribution in [0.1, 0.15) is 51.5 Å². The smallest absolute Gasteiger partial charge is 0.107 e. The van der Waals surface area contributed by atoms with Crippen molar-refractivity contribution in [2.45, 2.75) is 58.3 Å². The van der Waals surface area contributed by atoms with Gasteiger partial charge >= 0.3 is 0 Å². The van der Waals surface area contributed by atoms with Gasteiger partial charge in [0.25, 0.3) is 0 Å². The van der Waals surface area contributed by atoms with E-state index >= 15 is 0 Å². The summed E-state index contributed by atoms with van der Waals surface area (Å²) in [6.45, 7) is 8.49. The monoisotopic (exact) mass is 241 g/mol. The van der Waals surface area contributed by atoms with Gasteiger partial charge in [-0.15, -0.1) is 11.3 Å². The fourth-order valence-electron chi connectivity index (χ4n) is 1.45. The normalized spacial score (nSPS) is 16.1. The predicted octanol–water partition coefficient (Wildman–Crippen LogP) is 3.73. The maximum absolute atomic E-state index is 6.17. The van der Waals surface area contributed by atoms with Gasteiger partial charge < -0.3 is 10.5 Å². The molecule has 2 nitrogen and oxygen atoms in total. The molecule has 0 aliphatic rings. The van der Waals surface area contributed by atoms with Gasteiger partial charge in [-0.1, -0.05) is 19.9 Å². The highest BCUT2D eigenvalue weighted by molar-refractivity contribution is 7.10. The molecule has 0 saturated heterocycles. The lowest BCUT2D eigenvalue weighted by molar-refractivity contribution is -0.0843. The summed E-state index contributed by atoms with van der Waals surface area (Å²) < 4.78 is 6.17. The molecule has 3 heteroatoms. The quantitative estimate of drug-likeness (QED) is 0.823. The van der Waals surface area contributed by atoms with Gasteiger partial charge in [0.05, 0.1) is 5.60 Å². The van der Waals surface area contributed by atoms with E-state index in [9.17, 15) is 0 Å². The number of hydrogen-bond acceptors (Lipinski definition) is 3. The first-order chi connectivity index (χ1) is 7.50. The van der Waals surface area contributed by atoms with Gasteiger partial charge in [-0.2, -0.15) is 0 Å². The lowest BCUT2D eigenvalue weighted by atomic mass is 10.0. The van der Waals surface area contributed by atoms with Gasteiger partial charge in [0.2, 0.25) is 0 Å². The first kappa shape index (κ1) is 13.7. The van der Waals surface area contributed by atoms with Crippen LogP contribution in [0.2, 0.25) is 0 Å². The molecule has 1 aromatic rings. The first-order valence-corrected chi connectivity index (χ1v) is 6.85. The van der Waals surface area contributed by atoms with Crippen molar-refractivity contribution in [1.29, 1.82) is 0 Å². The summed E-state index contributed by atoms with van der Waals surface area (Å²) in [7, 11) is 0. The summed E-state index contributed by atoms with van der Waals surface area (Å²) in [6, 6.07) is 4.23. The standard InChI is InChI=1S/C13H23NOS/c1-5-10(14)12(11-8-7-9-16-11)15-13(3,4)6-2/h7-10,12H,5-6,14H2,1-4H3. The zero-order chi connectivity index (χ0) is 12.2. The highest BCUT2D eigenvalue weighted by Gasteiger charge is 2.27. The van der Waals surface area contributed by atoms with Crippen molar-refractivity contribution < 1.29 is 4.74 Å². The average molecular weight is 241 g/mol. The third-order valence-corrected chi connectivity index (χ3v) is 3.92. The molecule has 0 radical (unpaired) electrons. The van der Waals surface area contributed by atoms with Crippen LogP contribution in [0.3, 0.4) is 0 Å². The first-order valence-electron chi connectivity index (χ1n) is 5.97. The summed E-state index contributed by atoms with van der Waals surface area (Å²) in [4.78, 5) is 1.23. The predicted molar refractivity (Wildman–Crippen MR) is 70.8 cm³/mol. The SMILES string of the molecule is CCC(N)C(OC(C)(C)CC)c1cccs1. The number of hydrogen-bond donors (Lipinski definition) is 1. The van der Waals surface area contributed by atoms with Crippen molar-refractivity contribution in [3.8, 4) is 0 Å². The Morgan fingerprint density at radius 3 is 2.56 bits per heavy atom. The average Bonchev–Trinajstić information content (AvgIpc) is 2.78. The second-order valence-electron chi connectivity index (χ2n) is 4.74. The van der Waals surface area contributed by atoms with Crippen molar-refractivity contribution in [3.63, 3.8) is 0 Å². The number of nitrogens with two attached hydrogens (primary N) is 1. The van der Waals surface area contributed by atoms with Crippen LogP contribution in [0.15, 0.2) is 17.5 Å². The minimum Gasteiger partial charge on any atom is -0.365 e. The van der Waals surface area contributed by atoms with E-state index in [0.717, 1.165) is 12.8 Å². The third kappa shape index (κ3) is 3.58. The zero-order valence-electron chi connectivity index (χ0n) is 10.7. The molecule has 1 aromatic heterocycles. The Morgan fingerprint density at radius 1 is 1.44 bits per heavy atom. The Labute approximate surface area is 103 Å². The minimum atomic E-state index is -0.110. The van der Waals surface area contributed by atoms with E-state index in [1.165, 1.54) is 4.88 Å². The molecule has 1 rings (SSSR count). The Hall–Kier alpha value is -0.380. The Bertz CT molecular complexity index is 295. The van der Waals surface area contributed by atoms with Crippen LogP contribution in [0.5, 0.6) is 0 Å². The van der Waals surface area contributed by atoms with Crippen LogP contribution in [-0.4, -0.2) is 11.6 Å². The third-order valence-electron chi connectivity index (χ3n) is 2.98. The summed E-state index contributed by atoms with van der Waals surface area (Å²) in [6.07, 6.45) is 1.95. The van der Waals surface area contributed by atoms with E-state index in [4.69, 9.17) is 10.5 Å². The van der Waals surface area contributed by atoms with Crippen molar-refractivity contribution in [2.24, 2.45) is 5.73 Å². The molecule has 0 saturated carbocycles. The van der Waals surface area contributed by atoms with E-state index in [2.05, 4.69) is 45.2 Å². The lowest BCUT2D eigenvalue weighted by Gasteiger charge is -2.32. The molecule has 16 heavy (non-hydrogen) atoms. The zero-order valence-corrected chi connectivity index (χ0v) is 11.5. The van der Waals surface area contributed by atoms with E-state index in [1.54, 1.807) is 11.3 Å². The number of ether oxygens (including phenoxy) is 1. The van der Waals surface area contributed by atoms with Gasteiger partial charge in [0, 0.05) is 10.9 Å². The van der Waals surface area contributed by atoms with Crippen LogP contribution in [0, 0.1) is 0 Å². The molecule has 92 valence electrons. The highest BCUT2D eigenvalue weighted by Crippen LogP contribution is 2.31. The lowest BCUT2D eigenvalue weighted by Crippen LogP contribution is -2.35. The molecule has 0 aliphatic heterocycles. The van der Waals surface area contributed by atoms with Crippen LogP contribution in [0.4, 0.5) is 0 Å². The number of thiophene rings is 1. The molecule has 0 bridgehead atoms. The van der Waals surface area contributed by atoms with Crippen molar-refractivity contribution in [2.75, 3.05) is 0 Å². The fraction of sp³-hybridized carbons (Fsp3) is 0.692. The fourth-order valence-corrected chi connectivity index (χ4v) is 2.28. The summed E-state index contributed by atoms with van der Waals surface area (Å²) in [5, 5.41) is 2.08. The van der Waals surface area contributed by atoms with E-state index in [0.29, 0.717) is 0 Å². The highest BCUT2D eigenvalue weighted by atomic mass is 32.1. The second-order valence-corrected chi connectivity index (χ2v) is 5.72. The van der Waals surface area contributed by atoms with Crippen molar-refractivity contribution in [3.05, 3.63) is 22.4 Å². The molecule has 0 fully saturated rings. The van der Waals surface area contributed by atoms with Crippen LogP contribution in [0.25, 0.3) is 0 Å². The van der Waals surface area contributed by atoms with Gasteiger partial charge in [-0.25, -0.2) is 0 Å². The molecule has 0 amide bonds. The molecule has 2 unspecified atom stereocenters. The second kappa shape index (κ2) is 5.80. The Morgan fingerprint density at radius 2 is 2.12 bits per heavy atom.